The Balaban J connectivity index is 2.25. The van der Waals surface area contributed by atoms with E-state index >= 15 is 0 Å². The lowest BCUT2D eigenvalue weighted by molar-refractivity contribution is 0.483. The minimum absolute atomic E-state index is 0.591. The lowest BCUT2D eigenvalue weighted by Gasteiger charge is -2.07. The molecule has 76 valence electrons. The highest BCUT2D eigenvalue weighted by Gasteiger charge is 2.02. The molecule has 2 aromatic carbocycles. The molecule has 0 N–H and O–H groups in total. The van der Waals surface area contributed by atoms with Crippen LogP contribution in [0, 0.1) is 0 Å². The highest BCUT2D eigenvalue weighted by atomic mass is 79.9. The second-order valence-electron chi connectivity index (χ2n) is 2.99. The number of benzene rings is 2. The van der Waals surface area contributed by atoms with Gasteiger partial charge in [-0.15, -0.1) is 0 Å². The molecule has 0 saturated heterocycles. The summed E-state index contributed by atoms with van der Waals surface area (Å²) >= 11 is 9.37. The smallest absolute Gasteiger partial charge is 0.146 e. The van der Waals surface area contributed by atoms with Crippen molar-refractivity contribution in [2.24, 2.45) is 0 Å². The topological polar surface area (TPSA) is 9.23 Å². The summed E-state index contributed by atoms with van der Waals surface area (Å²) in [5, 5.41) is 0.591. The molecule has 0 aromatic heterocycles. The van der Waals surface area contributed by atoms with Gasteiger partial charge in [0.15, 0.2) is 0 Å². The average molecular weight is 284 g/mol. The first-order chi connectivity index (χ1) is 7.25. The fourth-order valence-electron chi connectivity index (χ4n) is 1.17. The zero-order valence-electron chi connectivity index (χ0n) is 7.78. The van der Waals surface area contributed by atoms with E-state index in [1.807, 2.05) is 42.5 Å². The van der Waals surface area contributed by atoms with Gasteiger partial charge in [-0.05, 0) is 30.3 Å². The molecule has 0 saturated carbocycles. The van der Waals surface area contributed by atoms with E-state index in [9.17, 15) is 0 Å². The molecule has 2 aromatic rings. The molecule has 0 atom stereocenters. The average Bonchev–Trinajstić information content (AvgIpc) is 2.24. The Kier molecular flexibility index (Phi) is 3.29. The van der Waals surface area contributed by atoms with Gasteiger partial charge in [-0.25, -0.2) is 0 Å². The van der Waals surface area contributed by atoms with E-state index in [0.717, 1.165) is 10.2 Å². The van der Waals surface area contributed by atoms with Crippen LogP contribution in [0.25, 0.3) is 0 Å². The maximum atomic E-state index is 6.02. The summed E-state index contributed by atoms with van der Waals surface area (Å²) in [6, 6.07) is 15.1. The normalized spacial score (nSPS) is 10.0. The largest absolute Gasteiger partial charge is 0.456 e. The first-order valence-electron chi connectivity index (χ1n) is 4.43. The van der Waals surface area contributed by atoms with Crippen LogP contribution in [0.4, 0.5) is 0 Å². The molecular formula is C12H8BrClO. The van der Waals surface area contributed by atoms with E-state index in [1.54, 1.807) is 6.07 Å². The highest BCUT2D eigenvalue weighted by Crippen LogP contribution is 2.31. The van der Waals surface area contributed by atoms with Crippen molar-refractivity contribution in [2.45, 2.75) is 0 Å². The van der Waals surface area contributed by atoms with E-state index < -0.39 is 0 Å². The van der Waals surface area contributed by atoms with Gasteiger partial charge in [-0.1, -0.05) is 45.7 Å². The molecule has 0 unspecified atom stereocenters. The van der Waals surface area contributed by atoms with Crippen LogP contribution in [0.3, 0.4) is 0 Å². The second kappa shape index (κ2) is 4.69. The predicted molar refractivity (Wildman–Crippen MR) is 65.7 cm³/mol. The summed E-state index contributed by atoms with van der Waals surface area (Å²) < 4.78 is 6.55. The van der Waals surface area contributed by atoms with E-state index in [1.165, 1.54) is 0 Å². The molecule has 2 rings (SSSR count). The number of hydrogen-bond donors (Lipinski definition) is 0. The third-order valence-corrected chi connectivity index (χ3v) is 2.65. The number of halogens is 2. The van der Waals surface area contributed by atoms with Crippen molar-refractivity contribution in [3.05, 3.63) is 58.0 Å². The first-order valence-corrected chi connectivity index (χ1v) is 5.61. The Morgan fingerprint density at radius 1 is 1.00 bits per heavy atom. The van der Waals surface area contributed by atoms with Gasteiger partial charge in [0.1, 0.15) is 11.5 Å². The zero-order valence-corrected chi connectivity index (χ0v) is 10.1. The van der Waals surface area contributed by atoms with Crippen molar-refractivity contribution in [3.8, 4) is 11.5 Å². The van der Waals surface area contributed by atoms with Crippen LogP contribution < -0.4 is 4.74 Å². The Hall–Kier alpha value is -0.990. The van der Waals surface area contributed by atoms with E-state index in [4.69, 9.17) is 16.3 Å². The van der Waals surface area contributed by atoms with Crippen molar-refractivity contribution in [1.29, 1.82) is 0 Å². The molecule has 0 radical (unpaired) electrons. The van der Waals surface area contributed by atoms with Crippen molar-refractivity contribution >= 4 is 27.5 Å². The first kappa shape index (κ1) is 10.5. The van der Waals surface area contributed by atoms with Crippen LogP contribution in [0.2, 0.25) is 5.02 Å². The van der Waals surface area contributed by atoms with Crippen molar-refractivity contribution < 1.29 is 4.74 Å². The maximum absolute atomic E-state index is 6.02. The minimum Gasteiger partial charge on any atom is -0.456 e. The molecule has 0 fully saturated rings. The summed E-state index contributed by atoms with van der Waals surface area (Å²) in [7, 11) is 0. The lowest BCUT2D eigenvalue weighted by Crippen LogP contribution is -1.84. The van der Waals surface area contributed by atoms with E-state index in [-0.39, 0.29) is 0 Å². The lowest BCUT2D eigenvalue weighted by atomic mass is 10.3. The fraction of sp³-hybridized carbons (Fsp3) is 0. The molecule has 0 aliphatic heterocycles. The molecule has 0 bridgehead atoms. The molecule has 0 aliphatic carbocycles. The van der Waals surface area contributed by atoms with Gasteiger partial charge >= 0.3 is 0 Å². The third-order valence-electron chi connectivity index (χ3n) is 1.86. The maximum Gasteiger partial charge on any atom is 0.146 e. The molecule has 15 heavy (non-hydrogen) atoms. The Morgan fingerprint density at radius 3 is 2.40 bits per heavy atom. The van der Waals surface area contributed by atoms with Gasteiger partial charge in [0.05, 0.1) is 5.02 Å². The summed E-state index contributed by atoms with van der Waals surface area (Å²) in [5.41, 5.74) is 0. The standard InChI is InChI=1S/C12H8BrClO/c13-9-6-7-12(11(14)8-9)15-10-4-2-1-3-5-10/h1-8H. The number of para-hydroxylation sites is 1. The summed E-state index contributed by atoms with van der Waals surface area (Å²) in [4.78, 5) is 0. The Morgan fingerprint density at radius 2 is 1.73 bits per heavy atom. The van der Waals surface area contributed by atoms with Crippen molar-refractivity contribution in [3.63, 3.8) is 0 Å². The zero-order chi connectivity index (χ0) is 10.7. The quantitative estimate of drug-likeness (QED) is 0.762. The van der Waals surface area contributed by atoms with E-state index in [0.29, 0.717) is 10.8 Å². The van der Waals surface area contributed by atoms with Crippen molar-refractivity contribution in [2.75, 3.05) is 0 Å². The predicted octanol–water partition coefficient (Wildman–Crippen LogP) is 4.89. The number of ether oxygens (including phenoxy) is 1. The molecule has 1 nitrogen and oxygen atoms in total. The van der Waals surface area contributed by atoms with Crippen LogP contribution in [-0.2, 0) is 0 Å². The molecule has 3 heteroatoms. The van der Waals surface area contributed by atoms with Gasteiger partial charge in [-0.3, -0.25) is 0 Å². The van der Waals surface area contributed by atoms with Gasteiger partial charge in [0.2, 0.25) is 0 Å². The summed E-state index contributed by atoms with van der Waals surface area (Å²) in [6.45, 7) is 0. The number of rotatable bonds is 2. The monoisotopic (exact) mass is 282 g/mol. The van der Waals surface area contributed by atoms with Gasteiger partial charge in [0, 0.05) is 4.47 Å². The van der Waals surface area contributed by atoms with Crippen LogP contribution in [-0.4, -0.2) is 0 Å². The Labute approximate surface area is 102 Å². The SMILES string of the molecule is Clc1cc(Br)ccc1Oc1ccccc1. The van der Waals surface area contributed by atoms with Crippen LogP contribution in [0.15, 0.2) is 53.0 Å². The Bertz CT molecular complexity index is 456. The number of hydrogen-bond acceptors (Lipinski definition) is 1. The van der Waals surface area contributed by atoms with Crippen LogP contribution in [0.1, 0.15) is 0 Å². The third kappa shape index (κ3) is 2.74. The fourth-order valence-corrected chi connectivity index (χ4v) is 1.89. The molecule has 0 amide bonds. The van der Waals surface area contributed by atoms with Crippen LogP contribution in [0.5, 0.6) is 11.5 Å². The summed E-state index contributed by atoms with van der Waals surface area (Å²) in [6.07, 6.45) is 0. The van der Waals surface area contributed by atoms with Crippen molar-refractivity contribution in [1.82, 2.24) is 0 Å². The minimum atomic E-state index is 0.591. The second-order valence-corrected chi connectivity index (χ2v) is 4.31. The van der Waals surface area contributed by atoms with Crippen LogP contribution >= 0.6 is 27.5 Å². The van der Waals surface area contributed by atoms with E-state index in [2.05, 4.69) is 15.9 Å². The van der Waals surface area contributed by atoms with Gasteiger partial charge in [0.25, 0.3) is 0 Å². The van der Waals surface area contributed by atoms with Gasteiger partial charge in [-0.2, -0.15) is 0 Å². The highest BCUT2D eigenvalue weighted by molar-refractivity contribution is 9.10. The molecule has 0 heterocycles. The van der Waals surface area contributed by atoms with Gasteiger partial charge < -0.3 is 4.74 Å². The molecule has 0 aliphatic rings. The molecule has 0 spiro atoms. The molecular weight excluding hydrogens is 275 g/mol. The summed E-state index contributed by atoms with van der Waals surface area (Å²) in [5.74, 6) is 1.44.